The molecule has 2 rings (SSSR count). The van der Waals surface area contributed by atoms with Crippen molar-refractivity contribution in [1.29, 1.82) is 0 Å². The lowest BCUT2D eigenvalue weighted by Gasteiger charge is -2.00. The number of aliphatic hydroxyl groups is 1. The SMILES string of the molecule is OC1Nc2ncnc(Cl)c2N1. The number of fused-ring (bicyclic) bond motifs is 1. The Labute approximate surface area is 67.4 Å². The van der Waals surface area contributed by atoms with Crippen LogP contribution in [0.4, 0.5) is 11.5 Å². The molecule has 0 saturated heterocycles. The predicted octanol–water partition coefficient (Wildman–Crippen LogP) is 0.243. The molecule has 11 heavy (non-hydrogen) atoms. The highest BCUT2D eigenvalue weighted by atomic mass is 35.5. The van der Waals surface area contributed by atoms with Gasteiger partial charge in [0.25, 0.3) is 0 Å². The van der Waals surface area contributed by atoms with Crippen LogP contribution in [0.2, 0.25) is 5.15 Å². The number of hydrogen-bond donors (Lipinski definition) is 3. The van der Waals surface area contributed by atoms with E-state index in [1.807, 2.05) is 0 Å². The fourth-order valence-electron chi connectivity index (χ4n) is 0.904. The van der Waals surface area contributed by atoms with E-state index in [2.05, 4.69) is 20.6 Å². The molecule has 0 saturated carbocycles. The summed E-state index contributed by atoms with van der Waals surface area (Å²) in [5.74, 6) is 0.525. The quantitative estimate of drug-likeness (QED) is 0.490. The predicted molar refractivity (Wildman–Crippen MR) is 40.3 cm³/mol. The molecular formula is C5H5ClN4O. The number of anilines is 2. The molecule has 0 aliphatic carbocycles. The lowest BCUT2D eigenvalue weighted by Crippen LogP contribution is -2.20. The summed E-state index contributed by atoms with van der Waals surface area (Å²) < 4.78 is 0. The second-order valence-corrected chi connectivity index (χ2v) is 2.44. The van der Waals surface area contributed by atoms with Gasteiger partial charge in [0.2, 0.25) is 6.35 Å². The molecule has 0 amide bonds. The lowest BCUT2D eigenvalue weighted by atomic mass is 10.5. The van der Waals surface area contributed by atoms with Crippen LogP contribution in [0, 0.1) is 0 Å². The number of aliphatic hydroxyl groups excluding tert-OH is 1. The number of nitrogens with one attached hydrogen (secondary N) is 2. The molecule has 58 valence electrons. The third-order valence-electron chi connectivity index (χ3n) is 1.36. The van der Waals surface area contributed by atoms with Gasteiger partial charge in [-0.1, -0.05) is 11.6 Å². The van der Waals surface area contributed by atoms with Crippen molar-refractivity contribution < 1.29 is 5.11 Å². The van der Waals surface area contributed by atoms with E-state index in [1.54, 1.807) is 0 Å². The van der Waals surface area contributed by atoms with Crippen LogP contribution < -0.4 is 10.6 Å². The Morgan fingerprint density at radius 1 is 1.45 bits per heavy atom. The summed E-state index contributed by atoms with van der Waals surface area (Å²) in [6.45, 7) is 0. The van der Waals surface area contributed by atoms with E-state index in [-0.39, 0.29) is 0 Å². The molecule has 0 fully saturated rings. The molecule has 6 heteroatoms. The van der Waals surface area contributed by atoms with Crippen LogP contribution in [0.15, 0.2) is 6.33 Å². The third kappa shape index (κ3) is 0.979. The largest absolute Gasteiger partial charge is 0.357 e. The van der Waals surface area contributed by atoms with E-state index in [1.165, 1.54) is 6.33 Å². The molecule has 1 aromatic heterocycles. The van der Waals surface area contributed by atoms with E-state index >= 15 is 0 Å². The first-order valence-corrected chi connectivity index (χ1v) is 3.37. The zero-order valence-electron chi connectivity index (χ0n) is 5.37. The fraction of sp³-hybridized carbons (Fsp3) is 0.200. The highest BCUT2D eigenvalue weighted by Crippen LogP contribution is 2.30. The standard InChI is InChI=1S/C5H5ClN4O/c6-3-2-4(8-1-7-3)10-5(11)9-2/h1,5,9,11H,(H,7,8,10). The number of nitrogens with zero attached hydrogens (tertiary/aromatic N) is 2. The second kappa shape index (κ2) is 2.21. The normalized spacial score (nSPS) is 20.4. The minimum Gasteiger partial charge on any atom is -0.357 e. The van der Waals surface area contributed by atoms with Crippen LogP contribution in [-0.4, -0.2) is 21.4 Å². The Morgan fingerprint density at radius 3 is 3.00 bits per heavy atom. The van der Waals surface area contributed by atoms with E-state index in [0.29, 0.717) is 16.7 Å². The van der Waals surface area contributed by atoms with E-state index in [4.69, 9.17) is 16.7 Å². The summed E-state index contributed by atoms with van der Waals surface area (Å²) >= 11 is 5.67. The van der Waals surface area contributed by atoms with Crippen molar-refractivity contribution in [2.45, 2.75) is 6.35 Å². The van der Waals surface area contributed by atoms with Gasteiger partial charge < -0.3 is 15.7 Å². The summed E-state index contributed by atoms with van der Waals surface area (Å²) in [4.78, 5) is 7.57. The molecule has 0 radical (unpaired) electrons. The summed E-state index contributed by atoms with van der Waals surface area (Å²) in [5.41, 5.74) is 0.543. The molecule has 2 heterocycles. The van der Waals surface area contributed by atoms with E-state index in [9.17, 15) is 0 Å². The molecule has 1 aliphatic rings. The Morgan fingerprint density at radius 2 is 2.27 bits per heavy atom. The highest BCUT2D eigenvalue weighted by molar-refractivity contribution is 6.32. The molecule has 1 aliphatic heterocycles. The summed E-state index contributed by atoms with van der Waals surface area (Å²) in [5, 5.41) is 14.6. The first-order valence-electron chi connectivity index (χ1n) is 2.99. The molecule has 1 unspecified atom stereocenters. The number of hydrogen-bond acceptors (Lipinski definition) is 5. The van der Waals surface area contributed by atoms with Crippen LogP contribution in [0.1, 0.15) is 0 Å². The number of aromatic nitrogens is 2. The molecule has 5 nitrogen and oxygen atoms in total. The van der Waals surface area contributed by atoms with Gasteiger partial charge in [0.05, 0.1) is 0 Å². The van der Waals surface area contributed by atoms with Gasteiger partial charge in [-0.3, -0.25) is 0 Å². The van der Waals surface area contributed by atoms with Crippen LogP contribution in [0.5, 0.6) is 0 Å². The summed E-state index contributed by atoms with van der Waals surface area (Å²) in [7, 11) is 0. The highest BCUT2D eigenvalue weighted by Gasteiger charge is 2.20. The van der Waals surface area contributed by atoms with Gasteiger partial charge in [-0.15, -0.1) is 0 Å². The Balaban J connectivity index is 2.49. The molecule has 1 atom stereocenters. The average molecular weight is 173 g/mol. The molecule has 0 spiro atoms. The van der Waals surface area contributed by atoms with Gasteiger partial charge in [0.1, 0.15) is 12.0 Å². The van der Waals surface area contributed by atoms with Gasteiger partial charge in [0, 0.05) is 0 Å². The minimum absolute atomic E-state index is 0.305. The maximum absolute atomic E-state index is 9.03. The van der Waals surface area contributed by atoms with Crippen molar-refractivity contribution in [3.8, 4) is 0 Å². The van der Waals surface area contributed by atoms with Crippen molar-refractivity contribution in [1.82, 2.24) is 9.97 Å². The zero-order valence-corrected chi connectivity index (χ0v) is 6.13. The van der Waals surface area contributed by atoms with Gasteiger partial charge >= 0.3 is 0 Å². The molecule has 3 N–H and O–H groups in total. The Kier molecular flexibility index (Phi) is 1.33. The second-order valence-electron chi connectivity index (χ2n) is 2.08. The van der Waals surface area contributed by atoms with Crippen molar-refractivity contribution in [2.24, 2.45) is 0 Å². The molecule has 0 aromatic carbocycles. The first kappa shape index (κ1) is 6.63. The third-order valence-corrected chi connectivity index (χ3v) is 1.64. The summed E-state index contributed by atoms with van der Waals surface area (Å²) in [6.07, 6.45) is 0.507. The van der Waals surface area contributed by atoms with Gasteiger partial charge in [-0.2, -0.15) is 0 Å². The lowest BCUT2D eigenvalue weighted by molar-refractivity contribution is 0.238. The number of halogens is 1. The molecule has 0 bridgehead atoms. The average Bonchev–Trinajstić information content (AvgIpc) is 2.31. The van der Waals surface area contributed by atoms with Crippen molar-refractivity contribution in [3.63, 3.8) is 0 Å². The van der Waals surface area contributed by atoms with Crippen molar-refractivity contribution in [2.75, 3.05) is 10.6 Å². The zero-order chi connectivity index (χ0) is 7.84. The fourth-order valence-corrected chi connectivity index (χ4v) is 1.09. The van der Waals surface area contributed by atoms with Crippen molar-refractivity contribution >= 4 is 23.1 Å². The summed E-state index contributed by atoms with van der Waals surface area (Å²) in [6, 6.07) is 0. The maximum atomic E-state index is 9.03. The Hall–Kier alpha value is -1.07. The number of rotatable bonds is 0. The van der Waals surface area contributed by atoms with Crippen molar-refractivity contribution in [3.05, 3.63) is 11.5 Å². The van der Waals surface area contributed by atoms with Gasteiger partial charge in [0.15, 0.2) is 11.0 Å². The minimum atomic E-state index is -0.820. The van der Waals surface area contributed by atoms with Gasteiger partial charge in [-0.25, -0.2) is 9.97 Å². The van der Waals surface area contributed by atoms with Gasteiger partial charge in [-0.05, 0) is 0 Å². The Bertz CT molecular complexity index is 292. The van der Waals surface area contributed by atoms with Crippen LogP contribution in [0.3, 0.4) is 0 Å². The topological polar surface area (TPSA) is 70.1 Å². The monoisotopic (exact) mass is 172 g/mol. The molecule has 1 aromatic rings. The van der Waals surface area contributed by atoms with Crippen LogP contribution in [-0.2, 0) is 0 Å². The van der Waals surface area contributed by atoms with Crippen LogP contribution in [0.25, 0.3) is 0 Å². The molecular weight excluding hydrogens is 168 g/mol. The van der Waals surface area contributed by atoms with E-state index < -0.39 is 6.35 Å². The van der Waals surface area contributed by atoms with E-state index in [0.717, 1.165) is 0 Å². The first-order chi connectivity index (χ1) is 5.27. The maximum Gasteiger partial charge on any atom is 0.204 e. The van der Waals surface area contributed by atoms with Crippen LogP contribution >= 0.6 is 11.6 Å². The smallest absolute Gasteiger partial charge is 0.204 e.